The van der Waals surface area contributed by atoms with Gasteiger partial charge in [-0.2, -0.15) is 5.10 Å². The third-order valence-corrected chi connectivity index (χ3v) is 3.73. The molecule has 1 unspecified atom stereocenters. The van der Waals surface area contributed by atoms with Gasteiger partial charge in [0.1, 0.15) is 12.2 Å². The summed E-state index contributed by atoms with van der Waals surface area (Å²) in [4.78, 5) is 4.28. The second-order valence-corrected chi connectivity index (χ2v) is 5.59. The maximum Gasteiger partial charge on any atom is 0.138 e. The minimum atomic E-state index is -0.224. The number of hydrazine groups is 1. The zero-order valence-electron chi connectivity index (χ0n) is 11.3. The third-order valence-electron chi connectivity index (χ3n) is 3.07. The Morgan fingerprint density at radius 2 is 1.95 bits per heavy atom. The molecule has 0 radical (unpaired) electrons. The smallest absolute Gasteiger partial charge is 0.138 e. The van der Waals surface area contributed by atoms with Crippen molar-refractivity contribution in [2.24, 2.45) is 5.84 Å². The normalized spacial score (nSPS) is 12.9. The maximum absolute atomic E-state index is 6.22. The van der Waals surface area contributed by atoms with Crippen LogP contribution in [0.2, 0.25) is 10.0 Å². The molecule has 1 aromatic heterocycles. The van der Waals surface area contributed by atoms with Crippen molar-refractivity contribution in [1.82, 2.24) is 20.2 Å². The van der Waals surface area contributed by atoms with Crippen LogP contribution in [0.15, 0.2) is 24.5 Å². The fraction of sp³-hybridized carbons (Fsp3) is 0.385. The van der Waals surface area contributed by atoms with E-state index in [0.717, 1.165) is 11.4 Å². The lowest BCUT2D eigenvalue weighted by atomic mass is 10.0. The van der Waals surface area contributed by atoms with Crippen LogP contribution in [-0.2, 0) is 6.42 Å². The van der Waals surface area contributed by atoms with Crippen LogP contribution in [0.4, 0.5) is 0 Å². The predicted molar refractivity (Wildman–Crippen MR) is 80.6 cm³/mol. The number of benzene rings is 1. The molecular formula is C13H17Cl2N5. The molecule has 0 spiro atoms. The van der Waals surface area contributed by atoms with E-state index in [4.69, 9.17) is 29.0 Å². The van der Waals surface area contributed by atoms with Gasteiger partial charge in [0.15, 0.2) is 0 Å². The second-order valence-electron chi connectivity index (χ2n) is 4.77. The Morgan fingerprint density at radius 3 is 2.50 bits per heavy atom. The molecule has 1 atom stereocenters. The quantitative estimate of drug-likeness (QED) is 0.658. The minimum Gasteiger partial charge on any atom is -0.271 e. The van der Waals surface area contributed by atoms with E-state index in [1.54, 1.807) is 18.2 Å². The predicted octanol–water partition coefficient (Wildman–Crippen LogP) is 2.91. The summed E-state index contributed by atoms with van der Waals surface area (Å²) in [7, 11) is 0. The molecule has 0 bridgehead atoms. The van der Waals surface area contributed by atoms with Crippen LogP contribution < -0.4 is 11.3 Å². The standard InChI is InChI=1S/C13H17Cl2N5/c1-8(2)20-12(17-7-18-20)6-11(19-16)13-9(14)4-3-5-10(13)15/h3-5,7-8,11,19H,6,16H2,1-2H3. The van der Waals surface area contributed by atoms with Crippen molar-refractivity contribution >= 4 is 23.2 Å². The average Bonchev–Trinajstić information content (AvgIpc) is 2.85. The molecule has 0 aliphatic heterocycles. The largest absolute Gasteiger partial charge is 0.271 e. The van der Waals surface area contributed by atoms with Gasteiger partial charge in [0.05, 0.1) is 6.04 Å². The Balaban J connectivity index is 2.32. The minimum absolute atomic E-state index is 0.224. The topological polar surface area (TPSA) is 68.8 Å². The summed E-state index contributed by atoms with van der Waals surface area (Å²) in [5, 5.41) is 5.37. The molecule has 3 N–H and O–H groups in total. The van der Waals surface area contributed by atoms with Crippen molar-refractivity contribution in [3.8, 4) is 0 Å². The number of aromatic nitrogens is 3. The molecule has 0 aliphatic carbocycles. The van der Waals surface area contributed by atoms with E-state index >= 15 is 0 Å². The molecule has 0 aliphatic rings. The van der Waals surface area contributed by atoms with Crippen LogP contribution in [-0.4, -0.2) is 14.8 Å². The molecule has 108 valence electrons. The van der Waals surface area contributed by atoms with Crippen LogP contribution >= 0.6 is 23.2 Å². The van der Waals surface area contributed by atoms with Gasteiger partial charge in [0, 0.05) is 28.1 Å². The van der Waals surface area contributed by atoms with Gasteiger partial charge in [-0.25, -0.2) is 9.67 Å². The Kier molecular flexibility index (Phi) is 4.99. The Bertz CT molecular complexity index is 562. The third kappa shape index (κ3) is 3.12. The summed E-state index contributed by atoms with van der Waals surface area (Å²) in [6.45, 7) is 4.09. The summed E-state index contributed by atoms with van der Waals surface area (Å²) < 4.78 is 1.86. The molecular weight excluding hydrogens is 297 g/mol. The van der Waals surface area contributed by atoms with Gasteiger partial charge in [-0.05, 0) is 26.0 Å². The summed E-state index contributed by atoms with van der Waals surface area (Å²) in [6.07, 6.45) is 2.09. The molecule has 0 fully saturated rings. The monoisotopic (exact) mass is 313 g/mol. The average molecular weight is 314 g/mol. The second kappa shape index (κ2) is 6.54. The van der Waals surface area contributed by atoms with Crippen LogP contribution in [0.3, 0.4) is 0 Å². The first-order valence-electron chi connectivity index (χ1n) is 6.33. The summed E-state index contributed by atoms with van der Waals surface area (Å²) >= 11 is 12.4. The molecule has 1 aromatic carbocycles. The Morgan fingerprint density at radius 1 is 1.30 bits per heavy atom. The van der Waals surface area contributed by atoms with Crippen molar-refractivity contribution < 1.29 is 0 Å². The summed E-state index contributed by atoms with van der Waals surface area (Å²) in [6, 6.07) is 5.39. The van der Waals surface area contributed by atoms with Gasteiger partial charge in [-0.1, -0.05) is 29.3 Å². The van der Waals surface area contributed by atoms with Crippen molar-refractivity contribution in [2.45, 2.75) is 32.4 Å². The lowest BCUT2D eigenvalue weighted by Crippen LogP contribution is -2.31. The molecule has 20 heavy (non-hydrogen) atoms. The van der Waals surface area contributed by atoms with E-state index in [2.05, 4.69) is 15.5 Å². The molecule has 0 saturated heterocycles. The first-order chi connectivity index (χ1) is 9.54. The SMILES string of the molecule is CC(C)n1ncnc1CC(NN)c1c(Cl)cccc1Cl. The lowest BCUT2D eigenvalue weighted by molar-refractivity contribution is 0.468. The number of hydrogen-bond acceptors (Lipinski definition) is 4. The van der Waals surface area contributed by atoms with Crippen LogP contribution in [0.5, 0.6) is 0 Å². The molecule has 7 heteroatoms. The van der Waals surface area contributed by atoms with Gasteiger partial charge >= 0.3 is 0 Å². The number of hydrogen-bond donors (Lipinski definition) is 2. The van der Waals surface area contributed by atoms with Gasteiger partial charge in [-0.15, -0.1) is 0 Å². The van der Waals surface area contributed by atoms with Crippen molar-refractivity contribution in [1.29, 1.82) is 0 Å². The first-order valence-corrected chi connectivity index (χ1v) is 7.08. The number of nitrogens with two attached hydrogens (primary N) is 1. The van der Waals surface area contributed by atoms with Crippen molar-refractivity contribution in [3.05, 3.63) is 46.0 Å². The highest BCUT2D eigenvalue weighted by atomic mass is 35.5. The fourth-order valence-corrected chi connectivity index (χ4v) is 2.78. The molecule has 5 nitrogen and oxygen atoms in total. The maximum atomic E-state index is 6.22. The van der Waals surface area contributed by atoms with Crippen LogP contribution in [0.1, 0.15) is 37.3 Å². The van der Waals surface area contributed by atoms with Gasteiger partial charge < -0.3 is 0 Å². The molecule has 2 rings (SSSR count). The van der Waals surface area contributed by atoms with Gasteiger partial charge in [-0.3, -0.25) is 11.3 Å². The molecule has 1 heterocycles. The molecule has 0 amide bonds. The summed E-state index contributed by atoms with van der Waals surface area (Å²) in [5.74, 6) is 6.49. The van der Waals surface area contributed by atoms with Crippen molar-refractivity contribution in [3.63, 3.8) is 0 Å². The Labute approximate surface area is 128 Å². The molecule has 0 saturated carbocycles. The van der Waals surface area contributed by atoms with Crippen molar-refractivity contribution in [2.75, 3.05) is 0 Å². The van der Waals surface area contributed by atoms with E-state index in [0.29, 0.717) is 16.5 Å². The number of nitrogens with one attached hydrogen (secondary N) is 1. The van der Waals surface area contributed by atoms with E-state index in [1.165, 1.54) is 6.33 Å². The Hall–Kier alpha value is -1.14. The van der Waals surface area contributed by atoms with Gasteiger partial charge in [0.25, 0.3) is 0 Å². The van der Waals surface area contributed by atoms with E-state index < -0.39 is 0 Å². The zero-order valence-corrected chi connectivity index (χ0v) is 12.9. The fourth-order valence-electron chi connectivity index (χ4n) is 2.12. The highest BCUT2D eigenvalue weighted by Crippen LogP contribution is 2.31. The lowest BCUT2D eigenvalue weighted by Gasteiger charge is -2.19. The zero-order chi connectivity index (χ0) is 14.7. The van der Waals surface area contributed by atoms with Gasteiger partial charge in [0.2, 0.25) is 0 Å². The van der Waals surface area contributed by atoms with Crippen LogP contribution in [0, 0.1) is 0 Å². The number of rotatable bonds is 5. The molecule has 2 aromatic rings. The van der Waals surface area contributed by atoms with E-state index in [-0.39, 0.29) is 12.1 Å². The number of nitrogens with zero attached hydrogens (tertiary/aromatic N) is 3. The highest BCUT2D eigenvalue weighted by molar-refractivity contribution is 6.36. The van der Waals surface area contributed by atoms with Crippen LogP contribution in [0.25, 0.3) is 0 Å². The van der Waals surface area contributed by atoms with E-state index in [9.17, 15) is 0 Å². The first kappa shape index (κ1) is 15.3. The summed E-state index contributed by atoms with van der Waals surface area (Å²) in [5.41, 5.74) is 3.53. The van der Waals surface area contributed by atoms with E-state index in [1.807, 2.05) is 18.5 Å². The highest BCUT2D eigenvalue weighted by Gasteiger charge is 2.20. The number of halogens is 2.